The van der Waals surface area contributed by atoms with Crippen LogP contribution in [0.25, 0.3) is 6.08 Å². The first-order valence-corrected chi connectivity index (χ1v) is 8.94. The number of carbonyl (C=O) groups is 3. The Hall–Kier alpha value is -3.41. The third-order valence-corrected chi connectivity index (χ3v) is 4.21. The summed E-state index contributed by atoms with van der Waals surface area (Å²) in [5, 5.41) is 2.22. The molecule has 3 rings (SSSR count). The van der Waals surface area contributed by atoms with Crippen LogP contribution in [0.2, 0.25) is 0 Å². The fourth-order valence-corrected chi connectivity index (χ4v) is 2.83. The van der Waals surface area contributed by atoms with Gasteiger partial charge < -0.3 is 4.74 Å². The second-order valence-electron chi connectivity index (χ2n) is 7.47. The summed E-state index contributed by atoms with van der Waals surface area (Å²) in [7, 11) is 0. The van der Waals surface area contributed by atoms with E-state index < -0.39 is 23.4 Å². The average molecular weight is 378 g/mol. The Morgan fingerprint density at radius 1 is 0.964 bits per heavy atom. The number of rotatable bonds is 4. The number of ether oxygens (including phenoxy) is 1. The fourth-order valence-electron chi connectivity index (χ4n) is 2.83. The molecule has 0 radical (unpaired) electrons. The summed E-state index contributed by atoms with van der Waals surface area (Å²) < 4.78 is 5.74. The normalized spacial score (nSPS) is 16.3. The van der Waals surface area contributed by atoms with Crippen LogP contribution in [0.15, 0.2) is 60.2 Å². The number of carbonyl (C=O) groups excluding carboxylic acids is 3. The number of hydrogen-bond donors (Lipinski definition) is 1. The lowest BCUT2D eigenvalue weighted by atomic mass is 10.0. The molecule has 4 amide bonds. The topological polar surface area (TPSA) is 75.7 Å². The summed E-state index contributed by atoms with van der Waals surface area (Å²) >= 11 is 0. The Balaban J connectivity index is 1.76. The van der Waals surface area contributed by atoms with Gasteiger partial charge in [0, 0.05) is 5.54 Å². The predicted octanol–water partition coefficient (Wildman–Crippen LogP) is 3.53. The van der Waals surface area contributed by atoms with E-state index in [0.717, 1.165) is 10.5 Å². The Morgan fingerprint density at radius 3 is 2.21 bits per heavy atom. The molecule has 1 fully saturated rings. The molecule has 6 heteroatoms. The molecule has 0 saturated carbocycles. The molecule has 28 heavy (non-hydrogen) atoms. The zero-order chi connectivity index (χ0) is 20.3. The van der Waals surface area contributed by atoms with E-state index in [-0.39, 0.29) is 5.57 Å². The smallest absolute Gasteiger partial charge is 0.331 e. The first-order valence-electron chi connectivity index (χ1n) is 8.94. The number of urea groups is 1. The minimum Gasteiger partial charge on any atom is -0.489 e. The van der Waals surface area contributed by atoms with Gasteiger partial charge >= 0.3 is 6.03 Å². The molecule has 0 atom stereocenters. The lowest BCUT2D eigenvalue weighted by Crippen LogP contribution is -2.60. The van der Waals surface area contributed by atoms with Crippen LogP contribution in [0.1, 0.15) is 31.9 Å². The maximum absolute atomic E-state index is 12.7. The molecule has 144 valence electrons. The van der Waals surface area contributed by atoms with E-state index >= 15 is 0 Å². The molecular weight excluding hydrogens is 356 g/mol. The molecule has 1 aliphatic rings. The summed E-state index contributed by atoms with van der Waals surface area (Å²) in [5.41, 5.74) is 0.905. The first-order chi connectivity index (χ1) is 13.3. The monoisotopic (exact) mass is 378 g/mol. The van der Waals surface area contributed by atoms with E-state index in [1.165, 1.54) is 6.08 Å². The van der Waals surface area contributed by atoms with E-state index in [0.29, 0.717) is 17.9 Å². The summed E-state index contributed by atoms with van der Waals surface area (Å²) in [6, 6.07) is 16.2. The second kappa shape index (κ2) is 7.68. The molecule has 0 unspecified atom stereocenters. The predicted molar refractivity (Wildman–Crippen MR) is 105 cm³/mol. The van der Waals surface area contributed by atoms with Crippen LogP contribution in [0.3, 0.4) is 0 Å². The van der Waals surface area contributed by atoms with E-state index in [1.807, 2.05) is 30.3 Å². The number of imide groups is 2. The van der Waals surface area contributed by atoms with Gasteiger partial charge in [0.2, 0.25) is 0 Å². The number of benzene rings is 2. The van der Waals surface area contributed by atoms with E-state index in [4.69, 9.17) is 4.74 Å². The Kier molecular flexibility index (Phi) is 5.31. The molecule has 1 saturated heterocycles. The van der Waals surface area contributed by atoms with Gasteiger partial charge in [-0.3, -0.25) is 19.8 Å². The fraction of sp³-hybridized carbons (Fsp3) is 0.227. The van der Waals surface area contributed by atoms with Gasteiger partial charge in [-0.15, -0.1) is 0 Å². The minimum absolute atomic E-state index is 0.0764. The standard InChI is InChI=1S/C22H22N2O4/c1-22(2,3)24-20(26)18(19(25)23-21(24)27)13-15-9-11-17(12-10-15)28-14-16-7-5-4-6-8-16/h4-13H,14H2,1-3H3,(H,23,25,27)/b18-13+. The molecule has 0 aromatic heterocycles. The summed E-state index contributed by atoms with van der Waals surface area (Å²) in [5.74, 6) is -0.623. The van der Waals surface area contributed by atoms with Crippen molar-refractivity contribution in [1.29, 1.82) is 0 Å². The first kappa shape index (κ1) is 19.4. The summed E-state index contributed by atoms with van der Waals surface area (Å²) in [6.45, 7) is 5.65. The molecular formula is C22H22N2O4. The Bertz CT molecular complexity index is 925. The van der Waals surface area contributed by atoms with Crippen molar-refractivity contribution in [2.24, 2.45) is 0 Å². The highest BCUT2D eigenvalue weighted by Gasteiger charge is 2.41. The minimum atomic E-state index is -0.740. The molecule has 2 aromatic rings. The van der Waals surface area contributed by atoms with Gasteiger partial charge in [0.1, 0.15) is 17.9 Å². The molecule has 0 aliphatic carbocycles. The van der Waals surface area contributed by atoms with Crippen molar-refractivity contribution in [2.75, 3.05) is 0 Å². The van der Waals surface area contributed by atoms with Crippen molar-refractivity contribution in [3.8, 4) is 5.75 Å². The van der Waals surface area contributed by atoms with Crippen molar-refractivity contribution >= 4 is 23.9 Å². The van der Waals surface area contributed by atoms with Crippen LogP contribution in [-0.2, 0) is 16.2 Å². The largest absolute Gasteiger partial charge is 0.489 e. The van der Waals surface area contributed by atoms with Gasteiger partial charge in [-0.25, -0.2) is 4.79 Å². The van der Waals surface area contributed by atoms with E-state index in [1.54, 1.807) is 45.0 Å². The summed E-state index contributed by atoms with van der Waals surface area (Å²) in [4.78, 5) is 37.9. The van der Waals surface area contributed by atoms with Crippen LogP contribution >= 0.6 is 0 Å². The van der Waals surface area contributed by atoms with Crippen LogP contribution in [0, 0.1) is 0 Å². The Labute approximate surface area is 163 Å². The number of hydrogen-bond acceptors (Lipinski definition) is 4. The SMILES string of the molecule is CC(C)(C)N1C(=O)NC(=O)/C(=C\c2ccc(OCc3ccccc3)cc2)C1=O. The van der Waals surface area contributed by atoms with Crippen LogP contribution < -0.4 is 10.1 Å². The maximum atomic E-state index is 12.7. The van der Waals surface area contributed by atoms with Gasteiger partial charge in [-0.05, 0) is 50.1 Å². The van der Waals surface area contributed by atoms with Gasteiger partial charge in [0.15, 0.2) is 0 Å². The molecule has 6 nitrogen and oxygen atoms in total. The van der Waals surface area contributed by atoms with Crippen molar-refractivity contribution in [1.82, 2.24) is 10.2 Å². The van der Waals surface area contributed by atoms with Gasteiger partial charge in [0.25, 0.3) is 11.8 Å². The maximum Gasteiger partial charge on any atom is 0.331 e. The number of barbiturate groups is 1. The van der Waals surface area contributed by atoms with Gasteiger partial charge in [0.05, 0.1) is 0 Å². The summed E-state index contributed by atoms with van der Waals surface area (Å²) in [6.07, 6.45) is 1.48. The molecule has 1 N–H and O–H groups in total. The number of nitrogens with one attached hydrogen (secondary N) is 1. The Morgan fingerprint density at radius 2 is 1.61 bits per heavy atom. The molecule has 2 aromatic carbocycles. The molecule has 0 bridgehead atoms. The van der Waals surface area contributed by atoms with Gasteiger partial charge in [-0.1, -0.05) is 42.5 Å². The highest BCUT2D eigenvalue weighted by Crippen LogP contribution is 2.23. The van der Waals surface area contributed by atoms with Crippen LogP contribution in [-0.4, -0.2) is 28.3 Å². The lowest BCUT2D eigenvalue weighted by Gasteiger charge is -2.36. The van der Waals surface area contributed by atoms with Crippen LogP contribution in [0.5, 0.6) is 5.75 Å². The highest BCUT2D eigenvalue weighted by atomic mass is 16.5. The van der Waals surface area contributed by atoms with E-state index in [9.17, 15) is 14.4 Å². The molecule has 1 aliphatic heterocycles. The number of nitrogens with zero attached hydrogens (tertiary/aromatic N) is 1. The van der Waals surface area contributed by atoms with Crippen LogP contribution in [0.4, 0.5) is 4.79 Å². The van der Waals surface area contributed by atoms with Gasteiger partial charge in [-0.2, -0.15) is 0 Å². The van der Waals surface area contributed by atoms with Crippen molar-refractivity contribution in [3.05, 3.63) is 71.3 Å². The van der Waals surface area contributed by atoms with Crippen molar-refractivity contribution in [2.45, 2.75) is 32.9 Å². The zero-order valence-electron chi connectivity index (χ0n) is 16.1. The molecule has 1 heterocycles. The lowest BCUT2D eigenvalue weighted by molar-refractivity contribution is -0.133. The molecule has 0 spiro atoms. The third-order valence-electron chi connectivity index (χ3n) is 4.21. The second-order valence-corrected chi connectivity index (χ2v) is 7.47. The highest BCUT2D eigenvalue weighted by molar-refractivity contribution is 6.31. The third kappa shape index (κ3) is 4.28. The quantitative estimate of drug-likeness (QED) is 0.652. The number of amides is 4. The van der Waals surface area contributed by atoms with Crippen molar-refractivity contribution in [3.63, 3.8) is 0 Å². The zero-order valence-corrected chi connectivity index (χ0v) is 16.1. The van der Waals surface area contributed by atoms with E-state index in [2.05, 4.69) is 5.32 Å². The van der Waals surface area contributed by atoms with Crippen molar-refractivity contribution < 1.29 is 19.1 Å². The average Bonchev–Trinajstić information content (AvgIpc) is 2.64.